The summed E-state index contributed by atoms with van der Waals surface area (Å²) in [7, 11) is 0. The molecule has 2 aromatic rings. The molecule has 0 atom stereocenters. The molecule has 1 aromatic heterocycles. The Labute approximate surface area is 76.0 Å². The zero-order valence-electron chi connectivity index (χ0n) is 7.14. The van der Waals surface area contributed by atoms with E-state index in [0.29, 0.717) is 0 Å². The maximum Gasteiger partial charge on any atom is 0.140 e. The van der Waals surface area contributed by atoms with Gasteiger partial charge in [-0.1, -0.05) is 12.1 Å². The lowest BCUT2D eigenvalue weighted by atomic mass is 10.2. The number of nitrogens with zero attached hydrogens (tertiary/aromatic N) is 3. The van der Waals surface area contributed by atoms with Crippen LogP contribution in [0, 0.1) is 0 Å². The van der Waals surface area contributed by atoms with Crippen molar-refractivity contribution in [1.82, 2.24) is 9.97 Å². The first kappa shape index (κ1) is 6.83. The molecule has 1 aliphatic rings. The third-order valence-electron chi connectivity index (χ3n) is 2.27. The van der Waals surface area contributed by atoms with Gasteiger partial charge in [-0.25, -0.2) is 9.97 Å². The summed E-state index contributed by atoms with van der Waals surface area (Å²) in [5.41, 5.74) is 1.03. The molecule has 1 fully saturated rings. The molecule has 1 aliphatic heterocycles. The van der Waals surface area contributed by atoms with Crippen LogP contribution in [-0.2, 0) is 0 Å². The monoisotopic (exact) mass is 171 g/mol. The van der Waals surface area contributed by atoms with Crippen LogP contribution < -0.4 is 4.90 Å². The lowest BCUT2D eigenvalue weighted by molar-refractivity contribution is 1.18. The summed E-state index contributed by atoms with van der Waals surface area (Å²) >= 11 is 0. The molecular formula is C10H9N3. The van der Waals surface area contributed by atoms with E-state index in [2.05, 4.69) is 20.9 Å². The van der Waals surface area contributed by atoms with E-state index in [9.17, 15) is 0 Å². The Bertz CT molecular complexity index is 443. The van der Waals surface area contributed by atoms with Crippen molar-refractivity contribution in [2.24, 2.45) is 0 Å². The minimum Gasteiger partial charge on any atom is -0.352 e. The summed E-state index contributed by atoms with van der Waals surface area (Å²) in [6.45, 7) is 2.25. The molecule has 1 saturated heterocycles. The van der Waals surface area contributed by atoms with E-state index >= 15 is 0 Å². The molecule has 0 saturated carbocycles. The van der Waals surface area contributed by atoms with E-state index in [1.807, 2.05) is 18.2 Å². The van der Waals surface area contributed by atoms with E-state index < -0.39 is 0 Å². The molecule has 64 valence electrons. The summed E-state index contributed by atoms with van der Waals surface area (Å²) < 4.78 is 0. The minimum atomic E-state index is 1.03. The van der Waals surface area contributed by atoms with Gasteiger partial charge in [-0.05, 0) is 12.1 Å². The average Bonchev–Trinajstić information content (AvgIpc) is 3.00. The Balaban J connectivity index is 2.32. The second-order valence-electron chi connectivity index (χ2n) is 3.20. The fourth-order valence-corrected chi connectivity index (χ4v) is 1.50. The van der Waals surface area contributed by atoms with Crippen LogP contribution in [0.5, 0.6) is 0 Å². The van der Waals surface area contributed by atoms with Crippen LogP contribution in [0.3, 0.4) is 0 Å². The van der Waals surface area contributed by atoms with E-state index in [4.69, 9.17) is 0 Å². The van der Waals surface area contributed by atoms with E-state index in [0.717, 1.165) is 29.8 Å². The predicted octanol–water partition coefficient (Wildman–Crippen LogP) is 1.45. The zero-order chi connectivity index (χ0) is 8.67. The van der Waals surface area contributed by atoms with E-state index in [1.54, 1.807) is 6.33 Å². The van der Waals surface area contributed by atoms with Crippen molar-refractivity contribution in [3.63, 3.8) is 0 Å². The molecule has 0 radical (unpaired) electrons. The van der Waals surface area contributed by atoms with Crippen molar-refractivity contribution >= 4 is 16.7 Å². The smallest absolute Gasteiger partial charge is 0.140 e. The summed E-state index contributed by atoms with van der Waals surface area (Å²) in [6.07, 6.45) is 1.63. The van der Waals surface area contributed by atoms with Crippen molar-refractivity contribution in [2.75, 3.05) is 18.0 Å². The van der Waals surface area contributed by atoms with Crippen LogP contribution in [0.25, 0.3) is 10.9 Å². The number of anilines is 1. The number of hydrogen-bond donors (Lipinski definition) is 0. The number of aromatic nitrogens is 2. The number of hydrogen-bond acceptors (Lipinski definition) is 3. The molecule has 0 unspecified atom stereocenters. The number of rotatable bonds is 1. The highest BCUT2D eigenvalue weighted by Crippen LogP contribution is 2.26. The highest BCUT2D eigenvalue weighted by Gasteiger charge is 2.21. The van der Waals surface area contributed by atoms with Gasteiger partial charge in [-0.2, -0.15) is 0 Å². The maximum atomic E-state index is 4.28. The molecule has 3 rings (SSSR count). The first-order valence-electron chi connectivity index (χ1n) is 4.40. The van der Waals surface area contributed by atoms with Gasteiger partial charge in [0.25, 0.3) is 0 Å². The summed E-state index contributed by atoms with van der Waals surface area (Å²) in [4.78, 5) is 10.7. The minimum absolute atomic E-state index is 1.03. The van der Waals surface area contributed by atoms with Gasteiger partial charge >= 0.3 is 0 Å². The van der Waals surface area contributed by atoms with Gasteiger partial charge < -0.3 is 4.90 Å². The zero-order valence-corrected chi connectivity index (χ0v) is 7.14. The molecule has 3 nitrogen and oxygen atoms in total. The first-order valence-corrected chi connectivity index (χ1v) is 4.40. The van der Waals surface area contributed by atoms with Crippen LogP contribution in [0.2, 0.25) is 0 Å². The Morgan fingerprint density at radius 1 is 1.08 bits per heavy atom. The van der Waals surface area contributed by atoms with Gasteiger partial charge in [0.15, 0.2) is 0 Å². The van der Waals surface area contributed by atoms with Crippen molar-refractivity contribution in [3.05, 3.63) is 30.6 Å². The number of benzene rings is 1. The van der Waals surface area contributed by atoms with Gasteiger partial charge in [0.05, 0.1) is 5.52 Å². The Kier molecular flexibility index (Phi) is 1.27. The van der Waals surface area contributed by atoms with Crippen molar-refractivity contribution in [1.29, 1.82) is 0 Å². The van der Waals surface area contributed by atoms with Gasteiger partial charge in [0.2, 0.25) is 0 Å². The lowest BCUT2D eigenvalue weighted by Gasteiger charge is -2.04. The largest absolute Gasteiger partial charge is 0.352 e. The Morgan fingerprint density at radius 2 is 1.92 bits per heavy atom. The molecule has 3 heteroatoms. The van der Waals surface area contributed by atoms with Crippen LogP contribution in [0.15, 0.2) is 30.6 Å². The third kappa shape index (κ3) is 1.04. The molecular weight excluding hydrogens is 162 g/mol. The highest BCUT2D eigenvalue weighted by atomic mass is 15.3. The molecule has 0 amide bonds. The SMILES string of the molecule is c1ccc2c(N3CC3)ncnc2c1. The second-order valence-corrected chi connectivity index (χ2v) is 3.20. The quantitative estimate of drug-likeness (QED) is 0.608. The molecule has 0 spiro atoms. The van der Waals surface area contributed by atoms with Crippen molar-refractivity contribution in [3.8, 4) is 0 Å². The normalized spacial score (nSPS) is 14.9. The fraction of sp³-hybridized carbons (Fsp3) is 0.200. The van der Waals surface area contributed by atoms with Gasteiger partial charge in [0.1, 0.15) is 12.1 Å². The molecule has 0 bridgehead atoms. The lowest BCUT2D eigenvalue weighted by Crippen LogP contribution is -1.96. The molecule has 0 aliphatic carbocycles. The average molecular weight is 171 g/mol. The van der Waals surface area contributed by atoms with Crippen molar-refractivity contribution in [2.45, 2.75) is 0 Å². The van der Waals surface area contributed by atoms with Crippen LogP contribution >= 0.6 is 0 Å². The fourth-order valence-electron chi connectivity index (χ4n) is 1.50. The Hall–Kier alpha value is -1.64. The number of fused-ring (bicyclic) bond motifs is 1. The summed E-state index contributed by atoms with van der Waals surface area (Å²) in [5, 5.41) is 1.16. The molecule has 2 heterocycles. The predicted molar refractivity (Wildman–Crippen MR) is 51.8 cm³/mol. The van der Waals surface area contributed by atoms with E-state index in [-0.39, 0.29) is 0 Å². The van der Waals surface area contributed by atoms with Gasteiger partial charge in [-0.15, -0.1) is 0 Å². The molecule has 13 heavy (non-hydrogen) atoms. The summed E-state index contributed by atoms with van der Waals surface area (Å²) in [5.74, 6) is 1.07. The van der Waals surface area contributed by atoms with E-state index in [1.165, 1.54) is 0 Å². The van der Waals surface area contributed by atoms with Crippen LogP contribution in [0.4, 0.5) is 5.82 Å². The maximum absolute atomic E-state index is 4.28. The third-order valence-corrected chi connectivity index (χ3v) is 2.27. The highest BCUT2D eigenvalue weighted by molar-refractivity contribution is 5.89. The van der Waals surface area contributed by atoms with Gasteiger partial charge in [0, 0.05) is 18.5 Å². The van der Waals surface area contributed by atoms with Crippen LogP contribution in [0.1, 0.15) is 0 Å². The second kappa shape index (κ2) is 2.42. The standard InChI is InChI=1S/C10H9N3/c1-2-4-9-8(3-1)10(12-7-11-9)13-5-6-13/h1-4,7H,5-6H2. The van der Waals surface area contributed by atoms with Crippen LogP contribution in [-0.4, -0.2) is 23.1 Å². The molecule has 1 aromatic carbocycles. The van der Waals surface area contributed by atoms with Crippen molar-refractivity contribution < 1.29 is 0 Å². The molecule has 0 N–H and O–H groups in total. The first-order chi connectivity index (χ1) is 6.45. The summed E-state index contributed by atoms with van der Waals surface area (Å²) in [6, 6.07) is 8.12. The van der Waals surface area contributed by atoms with Gasteiger partial charge in [-0.3, -0.25) is 0 Å². The topological polar surface area (TPSA) is 28.8 Å². The number of para-hydroxylation sites is 1. The Morgan fingerprint density at radius 3 is 2.77 bits per heavy atom.